The zero-order valence-electron chi connectivity index (χ0n) is 11.5. The molecule has 0 spiro atoms. The van der Waals surface area contributed by atoms with Gasteiger partial charge in [0.1, 0.15) is 0 Å². The Morgan fingerprint density at radius 1 is 1.50 bits per heavy atom. The number of esters is 1. The fraction of sp³-hybridized carbons (Fsp3) is 0.714. The smallest absolute Gasteiger partial charge is 0.374 e. The number of carbonyl (C=O) groups is 1. The Hall–Kier alpha value is -1.32. The molecule has 2 rings (SSSR count). The molecule has 0 bridgehead atoms. The molecule has 0 aromatic carbocycles. The summed E-state index contributed by atoms with van der Waals surface area (Å²) in [7, 11) is 0. The predicted molar refractivity (Wildman–Crippen MR) is 69.8 cm³/mol. The van der Waals surface area contributed by atoms with Crippen molar-refractivity contribution in [3.63, 3.8) is 0 Å². The van der Waals surface area contributed by atoms with Crippen LogP contribution in [0.3, 0.4) is 0 Å². The number of ether oxygens (including phenoxy) is 1. The first kappa shape index (κ1) is 13.1. The summed E-state index contributed by atoms with van der Waals surface area (Å²) in [6.45, 7) is 6.41. The lowest BCUT2D eigenvalue weighted by Gasteiger charge is -2.13. The van der Waals surface area contributed by atoms with Crippen LogP contribution in [0.4, 0.5) is 0 Å². The molecule has 1 aliphatic rings. The van der Waals surface area contributed by atoms with Gasteiger partial charge in [-0.05, 0) is 25.7 Å². The number of hydrogen-bond acceptors (Lipinski definition) is 3. The molecule has 1 heterocycles. The molecule has 100 valence electrons. The summed E-state index contributed by atoms with van der Waals surface area (Å²) in [6, 6.07) is 0.421. The third kappa shape index (κ3) is 2.57. The molecule has 0 atom stereocenters. The van der Waals surface area contributed by atoms with E-state index in [1.807, 2.05) is 17.7 Å². The number of hydrogen-bond donors (Lipinski definition) is 0. The molecular formula is C14H22N2O2. The van der Waals surface area contributed by atoms with Crippen molar-refractivity contribution in [2.24, 2.45) is 0 Å². The van der Waals surface area contributed by atoms with Gasteiger partial charge in [0, 0.05) is 12.2 Å². The van der Waals surface area contributed by atoms with E-state index in [0.717, 1.165) is 18.5 Å². The van der Waals surface area contributed by atoms with Crippen LogP contribution in [-0.4, -0.2) is 22.1 Å². The fourth-order valence-electron chi connectivity index (χ4n) is 2.50. The van der Waals surface area contributed by atoms with E-state index in [1.165, 1.54) is 12.8 Å². The van der Waals surface area contributed by atoms with Crippen molar-refractivity contribution in [2.75, 3.05) is 6.61 Å². The maximum atomic E-state index is 12.0. The average molecular weight is 250 g/mol. The second-order valence-electron chi connectivity index (χ2n) is 5.21. The molecule has 0 saturated heterocycles. The normalized spacial score (nSPS) is 16.4. The molecule has 0 aliphatic heterocycles. The second kappa shape index (κ2) is 5.55. The van der Waals surface area contributed by atoms with Gasteiger partial charge in [0.2, 0.25) is 5.82 Å². The van der Waals surface area contributed by atoms with Crippen LogP contribution >= 0.6 is 0 Å². The van der Waals surface area contributed by atoms with E-state index in [1.54, 1.807) is 0 Å². The Morgan fingerprint density at radius 2 is 2.17 bits per heavy atom. The molecule has 1 aromatic heterocycles. The third-order valence-electron chi connectivity index (χ3n) is 3.52. The van der Waals surface area contributed by atoms with Gasteiger partial charge in [0.05, 0.1) is 12.3 Å². The quantitative estimate of drug-likeness (QED) is 0.770. The van der Waals surface area contributed by atoms with E-state index in [2.05, 4.69) is 18.8 Å². The Morgan fingerprint density at radius 3 is 2.72 bits per heavy atom. The van der Waals surface area contributed by atoms with Gasteiger partial charge in [0.15, 0.2) is 0 Å². The first-order chi connectivity index (χ1) is 8.63. The molecule has 18 heavy (non-hydrogen) atoms. The van der Waals surface area contributed by atoms with Crippen LogP contribution in [0, 0.1) is 0 Å². The highest BCUT2D eigenvalue weighted by Gasteiger charge is 2.25. The molecular weight excluding hydrogens is 228 g/mol. The van der Waals surface area contributed by atoms with Crippen LogP contribution < -0.4 is 0 Å². The van der Waals surface area contributed by atoms with Crippen LogP contribution in [0.25, 0.3) is 0 Å². The Bertz CT molecular complexity index is 417. The maximum absolute atomic E-state index is 12.0. The lowest BCUT2D eigenvalue weighted by atomic mass is 10.1. The number of aromatic nitrogens is 2. The monoisotopic (exact) mass is 250 g/mol. The molecule has 1 aliphatic carbocycles. The van der Waals surface area contributed by atoms with Crippen molar-refractivity contribution < 1.29 is 9.53 Å². The van der Waals surface area contributed by atoms with Gasteiger partial charge in [-0.25, -0.2) is 9.78 Å². The standard InChI is InChI=1S/C14H22N2O2/c1-4-18-14(17)13-15-12(10(2)3)9-16(13)11-7-5-6-8-11/h9-11H,4-8H2,1-3H3. The van der Waals surface area contributed by atoms with Crippen LogP contribution in [0.15, 0.2) is 6.20 Å². The van der Waals surface area contributed by atoms with Crippen LogP contribution in [-0.2, 0) is 4.74 Å². The highest BCUT2D eigenvalue weighted by Crippen LogP contribution is 2.31. The van der Waals surface area contributed by atoms with E-state index in [4.69, 9.17) is 4.74 Å². The Balaban J connectivity index is 2.32. The predicted octanol–water partition coefficient (Wildman–Crippen LogP) is 3.30. The molecule has 0 radical (unpaired) electrons. The number of nitrogens with zero attached hydrogens (tertiary/aromatic N) is 2. The van der Waals surface area contributed by atoms with E-state index in [-0.39, 0.29) is 5.97 Å². The van der Waals surface area contributed by atoms with E-state index >= 15 is 0 Å². The lowest BCUT2D eigenvalue weighted by Crippen LogP contribution is -2.15. The summed E-state index contributed by atoms with van der Waals surface area (Å²) in [5.74, 6) is 0.518. The summed E-state index contributed by atoms with van der Waals surface area (Å²) in [4.78, 5) is 16.4. The van der Waals surface area contributed by atoms with Crippen molar-refractivity contribution >= 4 is 5.97 Å². The zero-order valence-corrected chi connectivity index (χ0v) is 11.5. The van der Waals surface area contributed by atoms with Crippen LogP contribution in [0.2, 0.25) is 0 Å². The number of rotatable bonds is 4. The second-order valence-corrected chi connectivity index (χ2v) is 5.21. The third-order valence-corrected chi connectivity index (χ3v) is 3.52. The summed E-state index contributed by atoms with van der Waals surface area (Å²) >= 11 is 0. The van der Waals surface area contributed by atoms with Gasteiger partial charge < -0.3 is 9.30 Å². The minimum absolute atomic E-state index is 0.295. The van der Waals surface area contributed by atoms with Crippen molar-refractivity contribution in [1.29, 1.82) is 0 Å². The molecule has 1 saturated carbocycles. The molecule has 0 N–H and O–H groups in total. The van der Waals surface area contributed by atoms with Gasteiger partial charge in [-0.2, -0.15) is 0 Å². The maximum Gasteiger partial charge on any atom is 0.374 e. The summed E-state index contributed by atoms with van der Waals surface area (Å²) in [6.07, 6.45) is 6.79. The number of carbonyl (C=O) groups excluding carboxylic acids is 1. The van der Waals surface area contributed by atoms with Crippen LogP contribution in [0.1, 0.15) is 74.7 Å². The van der Waals surface area contributed by atoms with Gasteiger partial charge in [0.25, 0.3) is 0 Å². The molecule has 0 amide bonds. The Kier molecular flexibility index (Phi) is 4.04. The van der Waals surface area contributed by atoms with Gasteiger partial charge in [-0.3, -0.25) is 0 Å². The minimum atomic E-state index is -0.295. The summed E-state index contributed by atoms with van der Waals surface area (Å²) in [5, 5.41) is 0. The summed E-state index contributed by atoms with van der Waals surface area (Å²) in [5.41, 5.74) is 0.977. The van der Waals surface area contributed by atoms with Gasteiger partial charge in [-0.15, -0.1) is 0 Å². The van der Waals surface area contributed by atoms with Crippen molar-refractivity contribution in [1.82, 2.24) is 9.55 Å². The molecule has 1 fully saturated rings. The molecule has 4 heteroatoms. The topological polar surface area (TPSA) is 44.1 Å². The van der Waals surface area contributed by atoms with Crippen molar-refractivity contribution in [2.45, 2.75) is 58.4 Å². The molecule has 1 aromatic rings. The highest BCUT2D eigenvalue weighted by molar-refractivity contribution is 5.85. The van der Waals surface area contributed by atoms with Gasteiger partial charge >= 0.3 is 5.97 Å². The van der Waals surface area contributed by atoms with E-state index in [0.29, 0.717) is 24.4 Å². The van der Waals surface area contributed by atoms with Crippen LogP contribution in [0.5, 0.6) is 0 Å². The average Bonchev–Trinajstić information content (AvgIpc) is 2.98. The first-order valence-corrected chi connectivity index (χ1v) is 6.89. The van der Waals surface area contributed by atoms with Gasteiger partial charge in [-0.1, -0.05) is 26.7 Å². The molecule has 4 nitrogen and oxygen atoms in total. The minimum Gasteiger partial charge on any atom is -0.460 e. The lowest BCUT2D eigenvalue weighted by molar-refractivity contribution is 0.0503. The van der Waals surface area contributed by atoms with Crippen molar-refractivity contribution in [3.05, 3.63) is 17.7 Å². The van der Waals surface area contributed by atoms with E-state index in [9.17, 15) is 4.79 Å². The molecule has 0 unspecified atom stereocenters. The highest BCUT2D eigenvalue weighted by atomic mass is 16.5. The van der Waals surface area contributed by atoms with Crippen molar-refractivity contribution in [3.8, 4) is 0 Å². The Labute approximate surface area is 108 Å². The number of imidazole rings is 1. The van der Waals surface area contributed by atoms with E-state index < -0.39 is 0 Å². The first-order valence-electron chi connectivity index (χ1n) is 6.89. The summed E-state index contributed by atoms with van der Waals surface area (Å²) < 4.78 is 7.14. The SMILES string of the molecule is CCOC(=O)c1nc(C(C)C)cn1C1CCCC1. The largest absolute Gasteiger partial charge is 0.460 e. The zero-order chi connectivity index (χ0) is 13.1. The fourth-order valence-corrected chi connectivity index (χ4v) is 2.50.